The number of carbonyl (C=O) groups excluding carboxylic acids is 1. The molecule has 0 saturated carbocycles. The maximum absolute atomic E-state index is 12.0. The fourth-order valence-corrected chi connectivity index (χ4v) is 2.55. The molecule has 2 heterocycles. The van der Waals surface area contributed by atoms with Gasteiger partial charge in [0.1, 0.15) is 17.1 Å². The van der Waals surface area contributed by atoms with Crippen LogP contribution in [0.25, 0.3) is 0 Å². The Morgan fingerprint density at radius 2 is 2.25 bits per heavy atom. The second-order valence-electron chi connectivity index (χ2n) is 3.99. The molecule has 8 heteroatoms. The second kappa shape index (κ2) is 5.25. The van der Waals surface area contributed by atoms with E-state index in [4.69, 9.17) is 4.42 Å². The van der Waals surface area contributed by atoms with Gasteiger partial charge in [0.15, 0.2) is 5.78 Å². The lowest BCUT2D eigenvalue weighted by molar-refractivity contribution is -0.385. The Morgan fingerprint density at radius 1 is 1.55 bits per heavy atom. The summed E-state index contributed by atoms with van der Waals surface area (Å²) in [6.07, 6.45) is -0.338. The third-order valence-electron chi connectivity index (χ3n) is 2.57. The highest BCUT2D eigenvalue weighted by Gasteiger charge is 2.23. The number of aromatic hydroxyl groups is 1. The first kappa shape index (κ1) is 13.9. The van der Waals surface area contributed by atoms with Crippen LogP contribution in [0.1, 0.15) is 21.0 Å². The number of carbonyl (C=O) groups is 1. The Kier molecular flexibility index (Phi) is 3.66. The molecule has 104 valence electrons. The molecular weight excluding hydrogens is 286 g/mol. The minimum atomic E-state index is -0.952. The van der Waals surface area contributed by atoms with Crippen molar-refractivity contribution in [3.05, 3.63) is 54.2 Å². The molecule has 0 radical (unpaired) electrons. The van der Waals surface area contributed by atoms with Crippen molar-refractivity contribution in [3.8, 4) is 5.75 Å². The van der Waals surface area contributed by atoms with Gasteiger partial charge in [0.05, 0.1) is 16.2 Å². The first-order valence-electron chi connectivity index (χ1n) is 5.48. The number of hydrogen-bond donors (Lipinski definition) is 1. The van der Waals surface area contributed by atoms with Gasteiger partial charge < -0.3 is 9.52 Å². The Morgan fingerprint density at radius 3 is 2.85 bits per heavy atom. The van der Waals surface area contributed by atoms with Crippen molar-refractivity contribution >= 4 is 22.8 Å². The van der Waals surface area contributed by atoms with Crippen LogP contribution >= 0.6 is 11.3 Å². The minimum Gasteiger partial charge on any atom is -0.507 e. The highest BCUT2D eigenvalue weighted by Crippen LogP contribution is 2.26. The van der Waals surface area contributed by atoms with Crippen molar-refractivity contribution < 1.29 is 19.2 Å². The van der Waals surface area contributed by atoms with Gasteiger partial charge in [0, 0.05) is 12.1 Å². The van der Waals surface area contributed by atoms with E-state index in [1.807, 2.05) is 0 Å². The van der Waals surface area contributed by atoms with Crippen LogP contribution in [0.2, 0.25) is 0 Å². The Hall–Kier alpha value is -2.48. The van der Waals surface area contributed by atoms with Crippen LogP contribution in [0.4, 0.5) is 5.69 Å². The standard InChI is InChI=1S/C12H9NO6S/c1-6-4-8(14)11(12(16)19-6)9(15)5-10-7(13(17)18)2-3-20-10/h2-4,14H,5H2,1H3. The summed E-state index contributed by atoms with van der Waals surface area (Å²) < 4.78 is 4.74. The molecule has 0 aromatic carbocycles. The van der Waals surface area contributed by atoms with Gasteiger partial charge in [-0.3, -0.25) is 14.9 Å². The quantitative estimate of drug-likeness (QED) is 0.525. The van der Waals surface area contributed by atoms with E-state index < -0.39 is 27.6 Å². The smallest absolute Gasteiger partial charge is 0.350 e. The third-order valence-corrected chi connectivity index (χ3v) is 3.48. The lowest BCUT2D eigenvalue weighted by Crippen LogP contribution is -2.16. The fraction of sp³-hybridized carbons (Fsp3) is 0.167. The van der Waals surface area contributed by atoms with Crippen molar-refractivity contribution in [2.75, 3.05) is 0 Å². The van der Waals surface area contributed by atoms with Gasteiger partial charge in [-0.05, 0) is 12.3 Å². The van der Waals surface area contributed by atoms with Crippen LogP contribution < -0.4 is 5.63 Å². The number of ketones is 1. The van der Waals surface area contributed by atoms with E-state index in [0.717, 1.165) is 17.4 Å². The number of rotatable bonds is 4. The highest BCUT2D eigenvalue weighted by molar-refractivity contribution is 7.10. The maximum atomic E-state index is 12.0. The number of Topliss-reactive ketones (excluding diaryl/α,β-unsaturated/α-hetero) is 1. The summed E-state index contributed by atoms with van der Waals surface area (Å²) in [7, 11) is 0. The van der Waals surface area contributed by atoms with E-state index in [2.05, 4.69) is 0 Å². The van der Waals surface area contributed by atoms with E-state index >= 15 is 0 Å². The molecule has 20 heavy (non-hydrogen) atoms. The molecule has 0 aliphatic heterocycles. The predicted molar refractivity (Wildman–Crippen MR) is 70.4 cm³/mol. The van der Waals surface area contributed by atoms with Gasteiger partial charge in [-0.2, -0.15) is 0 Å². The average Bonchev–Trinajstić information content (AvgIpc) is 2.75. The molecule has 0 saturated heterocycles. The van der Waals surface area contributed by atoms with E-state index in [1.54, 1.807) is 0 Å². The summed E-state index contributed by atoms with van der Waals surface area (Å²) in [6.45, 7) is 1.46. The van der Waals surface area contributed by atoms with Gasteiger partial charge in [0.2, 0.25) is 0 Å². The number of nitro groups is 1. The molecule has 0 spiro atoms. The monoisotopic (exact) mass is 295 g/mol. The molecule has 0 bridgehead atoms. The van der Waals surface area contributed by atoms with Crippen molar-refractivity contribution in [2.24, 2.45) is 0 Å². The number of thiophene rings is 1. The average molecular weight is 295 g/mol. The van der Waals surface area contributed by atoms with E-state index in [0.29, 0.717) is 0 Å². The molecular formula is C12H9NO6S. The SMILES string of the molecule is Cc1cc(O)c(C(=O)Cc2sccc2[N+](=O)[O-])c(=O)o1. The number of nitrogens with zero attached hydrogens (tertiary/aromatic N) is 1. The summed E-state index contributed by atoms with van der Waals surface area (Å²) in [5, 5.41) is 21.9. The molecule has 2 rings (SSSR count). The molecule has 2 aromatic heterocycles. The normalized spacial score (nSPS) is 10.4. The van der Waals surface area contributed by atoms with Crippen LogP contribution in [0.15, 0.2) is 26.7 Å². The summed E-state index contributed by atoms with van der Waals surface area (Å²) in [5.41, 5.74) is -1.62. The van der Waals surface area contributed by atoms with Crippen molar-refractivity contribution in [2.45, 2.75) is 13.3 Å². The van der Waals surface area contributed by atoms with Crippen LogP contribution in [0, 0.1) is 17.0 Å². The highest BCUT2D eigenvalue weighted by atomic mass is 32.1. The molecule has 0 aliphatic carbocycles. The minimum absolute atomic E-state index is 0.172. The van der Waals surface area contributed by atoms with Crippen LogP contribution in [0.5, 0.6) is 5.75 Å². The van der Waals surface area contributed by atoms with Crippen molar-refractivity contribution in [1.82, 2.24) is 0 Å². The fourth-order valence-electron chi connectivity index (χ4n) is 1.72. The second-order valence-corrected chi connectivity index (χ2v) is 4.99. The molecule has 0 atom stereocenters. The van der Waals surface area contributed by atoms with E-state index in [1.165, 1.54) is 18.4 Å². The van der Waals surface area contributed by atoms with Crippen LogP contribution in [0.3, 0.4) is 0 Å². The van der Waals surface area contributed by atoms with Gasteiger partial charge in [0.25, 0.3) is 5.69 Å². The lowest BCUT2D eigenvalue weighted by atomic mass is 10.1. The summed E-state index contributed by atoms with van der Waals surface area (Å²) in [5.74, 6) is -1.03. The molecule has 1 N–H and O–H groups in total. The Labute approximate surface area is 116 Å². The van der Waals surface area contributed by atoms with Crippen LogP contribution in [-0.2, 0) is 6.42 Å². The van der Waals surface area contributed by atoms with E-state index in [-0.39, 0.29) is 22.7 Å². The lowest BCUT2D eigenvalue weighted by Gasteiger charge is -2.02. The molecule has 2 aromatic rings. The molecule has 0 fully saturated rings. The molecule has 7 nitrogen and oxygen atoms in total. The zero-order valence-electron chi connectivity index (χ0n) is 10.3. The number of hydrogen-bond acceptors (Lipinski definition) is 7. The third kappa shape index (κ3) is 2.59. The molecule has 0 aliphatic rings. The zero-order valence-corrected chi connectivity index (χ0v) is 11.1. The Balaban J connectivity index is 2.36. The maximum Gasteiger partial charge on any atom is 0.350 e. The van der Waals surface area contributed by atoms with Gasteiger partial charge in [-0.1, -0.05) is 0 Å². The number of aryl methyl sites for hydroxylation is 1. The summed E-state index contributed by atoms with van der Waals surface area (Å²) in [4.78, 5) is 33.9. The van der Waals surface area contributed by atoms with Crippen molar-refractivity contribution in [1.29, 1.82) is 0 Å². The van der Waals surface area contributed by atoms with Crippen LogP contribution in [-0.4, -0.2) is 15.8 Å². The summed E-state index contributed by atoms with van der Waals surface area (Å²) >= 11 is 1.04. The van der Waals surface area contributed by atoms with E-state index in [9.17, 15) is 24.8 Å². The predicted octanol–water partition coefficient (Wildman–Crippen LogP) is 2.05. The van der Waals surface area contributed by atoms with Crippen molar-refractivity contribution in [3.63, 3.8) is 0 Å². The van der Waals surface area contributed by atoms with Gasteiger partial charge >= 0.3 is 5.63 Å². The summed E-state index contributed by atoms with van der Waals surface area (Å²) in [6, 6.07) is 2.43. The first-order valence-corrected chi connectivity index (χ1v) is 6.35. The topological polar surface area (TPSA) is 111 Å². The zero-order chi connectivity index (χ0) is 14.9. The first-order chi connectivity index (χ1) is 9.40. The van der Waals surface area contributed by atoms with Gasteiger partial charge in [-0.15, -0.1) is 11.3 Å². The molecule has 0 amide bonds. The molecule has 0 unspecified atom stereocenters. The largest absolute Gasteiger partial charge is 0.507 e. The van der Waals surface area contributed by atoms with Gasteiger partial charge in [-0.25, -0.2) is 4.79 Å². The Bertz CT molecular complexity index is 745.